The second-order valence-electron chi connectivity index (χ2n) is 6.47. The quantitative estimate of drug-likeness (QED) is 0.308. The van der Waals surface area contributed by atoms with E-state index in [1.54, 1.807) is 0 Å². The van der Waals surface area contributed by atoms with Crippen LogP contribution in [0.15, 0.2) is 0 Å². The van der Waals surface area contributed by atoms with Crippen molar-refractivity contribution in [2.45, 2.75) is 66.2 Å². The van der Waals surface area contributed by atoms with E-state index in [9.17, 15) is 14.4 Å². The molecule has 0 atom stereocenters. The van der Waals surface area contributed by atoms with Crippen LogP contribution < -0.4 is 5.32 Å². The van der Waals surface area contributed by atoms with Crippen molar-refractivity contribution in [2.75, 3.05) is 26.4 Å². The Balaban J connectivity index is 3.54. The number of hydrogen-bond donors (Lipinski definition) is 1. The Kier molecular flexibility index (Phi) is 12.5. The summed E-state index contributed by atoms with van der Waals surface area (Å²) in [4.78, 5) is 34.4. The number of rotatable bonds is 13. The predicted octanol–water partition coefficient (Wildman–Crippen LogP) is 3.21. The molecule has 0 unspecified atom stereocenters. The van der Waals surface area contributed by atoms with Gasteiger partial charge in [-0.25, -0.2) is 4.79 Å². The number of nitrogens with one attached hydrogen (secondary N) is 1. The van der Waals surface area contributed by atoms with Crippen molar-refractivity contribution in [1.29, 1.82) is 0 Å². The molecule has 0 aromatic heterocycles. The normalized spacial score (nSPS) is 10.9. The van der Waals surface area contributed by atoms with E-state index >= 15 is 0 Å². The first kappa shape index (κ1) is 23.2. The Morgan fingerprint density at radius 3 is 2.24 bits per heavy atom. The first-order chi connectivity index (χ1) is 11.8. The Bertz CT molecular complexity index is 408. The van der Waals surface area contributed by atoms with Gasteiger partial charge >= 0.3 is 18.0 Å². The lowest BCUT2D eigenvalue weighted by Gasteiger charge is -2.20. The topological polar surface area (TPSA) is 90.9 Å². The molecular formula is C18H33NO6. The van der Waals surface area contributed by atoms with Gasteiger partial charge in [-0.2, -0.15) is 0 Å². The van der Waals surface area contributed by atoms with Crippen LogP contribution in [-0.4, -0.2) is 44.4 Å². The highest BCUT2D eigenvalue weighted by Crippen LogP contribution is 2.21. The highest BCUT2D eigenvalue weighted by Gasteiger charge is 2.26. The number of hydrogen-bond acceptors (Lipinski definition) is 6. The molecule has 146 valence electrons. The summed E-state index contributed by atoms with van der Waals surface area (Å²) in [7, 11) is 0. The number of carbonyl (C=O) groups excluding carboxylic acids is 3. The first-order valence-corrected chi connectivity index (χ1v) is 9.07. The van der Waals surface area contributed by atoms with Crippen LogP contribution in [0.3, 0.4) is 0 Å². The van der Waals surface area contributed by atoms with E-state index in [1.807, 2.05) is 27.7 Å². The maximum absolute atomic E-state index is 11.7. The SMILES string of the molecule is CCCOC(=O)CCCCCOC(=O)NCCOC(=O)C(C)(C)CC. The van der Waals surface area contributed by atoms with Crippen LogP contribution in [-0.2, 0) is 23.8 Å². The molecule has 0 aliphatic heterocycles. The first-order valence-electron chi connectivity index (χ1n) is 9.07. The minimum Gasteiger partial charge on any atom is -0.466 e. The fraction of sp³-hybridized carbons (Fsp3) is 0.833. The summed E-state index contributed by atoms with van der Waals surface area (Å²) in [5, 5.41) is 2.53. The van der Waals surface area contributed by atoms with Gasteiger partial charge in [-0.1, -0.05) is 13.8 Å². The lowest BCUT2D eigenvalue weighted by atomic mass is 9.91. The third-order valence-electron chi connectivity index (χ3n) is 3.77. The Labute approximate surface area is 150 Å². The van der Waals surface area contributed by atoms with E-state index in [0.717, 1.165) is 19.3 Å². The maximum atomic E-state index is 11.7. The Morgan fingerprint density at radius 2 is 1.60 bits per heavy atom. The molecule has 0 aromatic carbocycles. The molecule has 0 heterocycles. The van der Waals surface area contributed by atoms with Gasteiger partial charge < -0.3 is 19.5 Å². The molecule has 0 fully saturated rings. The predicted molar refractivity (Wildman–Crippen MR) is 94.1 cm³/mol. The molecule has 7 heteroatoms. The van der Waals surface area contributed by atoms with Gasteiger partial charge in [0.25, 0.3) is 0 Å². The lowest BCUT2D eigenvalue weighted by Crippen LogP contribution is -2.32. The number of esters is 2. The zero-order valence-corrected chi connectivity index (χ0v) is 16.0. The maximum Gasteiger partial charge on any atom is 0.407 e. The minimum atomic E-state index is -0.534. The summed E-state index contributed by atoms with van der Waals surface area (Å²) >= 11 is 0. The van der Waals surface area contributed by atoms with Crippen molar-refractivity contribution in [3.63, 3.8) is 0 Å². The summed E-state index contributed by atoms with van der Waals surface area (Å²) in [6.45, 7) is 8.61. The van der Waals surface area contributed by atoms with Crippen LogP contribution in [0.5, 0.6) is 0 Å². The average Bonchev–Trinajstić information content (AvgIpc) is 2.59. The summed E-state index contributed by atoms with van der Waals surface area (Å²) in [6.07, 6.45) is 3.57. The molecule has 0 saturated heterocycles. The van der Waals surface area contributed by atoms with Crippen LogP contribution in [0.1, 0.15) is 66.2 Å². The van der Waals surface area contributed by atoms with E-state index in [4.69, 9.17) is 14.2 Å². The monoisotopic (exact) mass is 359 g/mol. The molecule has 1 N–H and O–H groups in total. The van der Waals surface area contributed by atoms with E-state index in [1.165, 1.54) is 0 Å². The van der Waals surface area contributed by atoms with Gasteiger partial charge in [-0.3, -0.25) is 9.59 Å². The van der Waals surface area contributed by atoms with Crippen LogP contribution in [0.25, 0.3) is 0 Å². The number of carbonyl (C=O) groups is 3. The van der Waals surface area contributed by atoms with Gasteiger partial charge in [0.2, 0.25) is 0 Å². The number of ether oxygens (including phenoxy) is 3. The zero-order chi connectivity index (χ0) is 19.1. The van der Waals surface area contributed by atoms with Crippen molar-refractivity contribution in [1.82, 2.24) is 5.32 Å². The second kappa shape index (κ2) is 13.5. The number of unbranched alkanes of at least 4 members (excludes halogenated alkanes) is 2. The third-order valence-corrected chi connectivity index (χ3v) is 3.77. The van der Waals surface area contributed by atoms with Crippen LogP contribution in [0, 0.1) is 5.41 Å². The van der Waals surface area contributed by atoms with Crippen LogP contribution >= 0.6 is 0 Å². The van der Waals surface area contributed by atoms with Gasteiger partial charge in [0.05, 0.1) is 25.2 Å². The minimum absolute atomic E-state index is 0.122. The van der Waals surface area contributed by atoms with Crippen molar-refractivity contribution in [3.8, 4) is 0 Å². The fourth-order valence-electron chi connectivity index (χ4n) is 1.69. The summed E-state index contributed by atoms with van der Waals surface area (Å²) < 4.78 is 15.1. The summed E-state index contributed by atoms with van der Waals surface area (Å²) in [6, 6.07) is 0. The highest BCUT2D eigenvalue weighted by molar-refractivity contribution is 5.75. The van der Waals surface area contributed by atoms with Gasteiger partial charge in [-0.05, 0) is 46.0 Å². The molecule has 0 rings (SSSR count). The smallest absolute Gasteiger partial charge is 0.407 e. The third kappa shape index (κ3) is 12.3. The molecule has 0 aliphatic rings. The molecule has 0 spiro atoms. The van der Waals surface area contributed by atoms with E-state index < -0.39 is 11.5 Å². The molecule has 25 heavy (non-hydrogen) atoms. The molecule has 0 bridgehead atoms. The average molecular weight is 359 g/mol. The van der Waals surface area contributed by atoms with E-state index in [-0.39, 0.29) is 25.1 Å². The molecule has 1 amide bonds. The standard InChI is InChI=1S/C18H33NO6/c1-5-12-23-15(20)10-8-7-9-13-25-17(22)19-11-14-24-16(21)18(3,4)6-2/h5-14H2,1-4H3,(H,19,22). The van der Waals surface area contributed by atoms with Gasteiger partial charge in [0.1, 0.15) is 6.61 Å². The number of amides is 1. The Hall–Kier alpha value is -1.79. The largest absolute Gasteiger partial charge is 0.466 e. The molecule has 0 saturated carbocycles. The van der Waals surface area contributed by atoms with Crippen LogP contribution in [0.4, 0.5) is 4.79 Å². The highest BCUT2D eigenvalue weighted by atomic mass is 16.6. The molecule has 0 aromatic rings. The number of alkyl carbamates (subject to hydrolysis) is 1. The second-order valence-corrected chi connectivity index (χ2v) is 6.47. The molecule has 7 nitrogen and oxygen atoms in total. The van der Waals surface area contributed by atoms with Gasteiger partial charge in [-0.15, -0.1) is 0 Å². The molecule has 0 aliphatic carbocycles. The summed E-state index contributed by atoms with van der Waals surface area (Å²) in [5.41, 5.74) is -0.510. The van der Waals surface area contributed by atoms with Gasteiger partial charge in [0.15, 0.2) is 0 Å². The fourth-order valence-corrected chi connectivity index (χ4v) is 1.69. The van der Waals surface area contributed by atoms with E-state index in [0.29, 0.717) is 32.5 Å². The van der Waals surface area contributed by atoms with Crippen molar-refractivity contribution >= 4 is 18.0 Å². The van der Waals surface area contributed by atoms with Crippen molar-refractivity contribution in [2.24, 2.45) is 5.41 Å². The van der Waals surface area contributed by atoms with Gasteiger partial charge in [0, 0.05) is 6.42 Å². The summed E-state index contributed by atoms with van der Waals surface area (Å²) in [5.74, 6) is -0.455. The van der Waals surface area contributed by atoms with E-state index in [2.05, 4.69) is 5.32 Å². The molecule has 0 radical (unpaired) electrons. The lowest BCUT2D eigenvalue weighted by molar-refractivity contribution is -0.154. The Morgan fingerprint density at radius 1 is 0.880 bits per heavy atom. The van der Waals surface area contributed by atoms with Crippen molar-refractivity contribution in [3.05, 3.63) is 0 Å². The van der Waals surface area contributed by atoms with Crippen molar-refractivity contribution < 1.29 is 28.6 Å². The van der Waals surface area contributed by atoms with Crippen LogP contribution in [0.2, 0.25) is 0 Å². The molecular weight excluding hydrogens is 326 g/mol. The zero-order valence-electron chi connectivity index (χ0n) is 16.0.